The summed E-state index contributed by atoms with van der Waals surface area (Å²) in [6, 6.07) is 4.72. The molecule has 0 bridgehead atoms. The summed E-state index contributed by atoms with van der Waals surface area (Å²) in [5, 5.41) is 9.46. The Bertz CT molecular complexity index is 226. The monoisotopic (exact) mass is 218 g/mol. The number of benzene rings is 1. The molecule has 0 aromatic heterocycles. The van der Waals surface area contributed by atoms with Crippen LogP contribution in [0.25, 0.3) is 0 Å². The molecular formula is C10H12Cl2O. The van der Waals surface area contributed by atoms with Crippen molar-refractivity contribution in [1.29, 1.82) is 0 Å². The molecule has 0 fully saturated rings. The fraction of sp³-hybridized carbons (Fsp3) is 0. The van der Waals surface area contributed by atoms with Crippen molar-refractivity contribution in [3.63, 3.8) is 0 Å². The van der Waals surface area contributed by atoms with Crippen LogP contribution in [0.1, 0.15) is 0 Å². The summed E-state index contributed by atoms with van der Waals surface area (Å²) >= 11 is 11.0. The summed E-state index contributed by atoms with van der Waals surface area (Å²) in [5.41, 5.74) is 0. The van der Waals surface area contributed by atoms with Crippen LogP contribution in [-0.4, -0.2) is 5.11 Å². The molecule has 0 amide bonds. The van der Waals surface area contributed by atoms with Gasteiger partial charge in [0.15, 0.2) is 0 Å². The zero-order valence-corrected chi connectivity index (χ0v) is 8.78. The van der Waals surface area contributed by atoms with Gasteiger partial charge in [-0.1, -0.05) is 29.3 Å². The number of phenols is 1. The van der Waals surface area contributed by atoms with Crippen LogP contribution in [0.5, 0.6) is 5.75 Å². The average Bonchev–Trinajstić information content (AvgIpc) is 2.20. The van der Waals surface area contributed by atoms with E-state index >= 15 is 0 Å². The summed E-state index contributed by atoms with van der Waals surface area (Å²) in [6.07, 6.45) is 0. The van der Waals surface area contributed by atoms with Crippen molar-refractivity contribution in [3.05, 3.63) is 54.6 Å². The molecule has 0 unspecified atom stereocenters. The second-order valence-electron chi connectivity index (χ2n) is 1.57. The maximum atomic E-state index is 8.88. The molecular weight excluding hydrogens is 207 g/mol. The van der Waals surface area contributed by atoms with E-state index < -0.39 is 0 Å². The Kier molecular flexibility index (Phi) is 10.3. The van der Waals surface area contributed by atoms with E-state index in [2.05, 4.69) is 26.3 Å². The first-order valence-corrected chi connectivity index (χ1v) is 4.10. The molecule has 0 saturated carbocycles. The minimum Gasteiger partial charge on any atom is -0.506 e. The van der Waals surface area contributed by atoms with Crippen molar-refractivity contribution in [1.82, 2.24) is 0 Å². The van der Waals surface area contributed by atoms with Gasteiger partial charge in [0.2, 0.25) is 0 Å². The molecule has 0 saturated heterocycles. The number of phenolic OH excluding ortho intramolecular Hbond substituents is 1. The van der Waals surface area contributed by atoms with E-state index in [4.69, 9.17) is 28.3 Å². The van der Waals surface area contributed by atoms with E-state index in [-0.39, 0.29) is 10.8 Å². The third kappa shape index (κ3) is 5.34. The standard InChI is InChI=1S/C6H4Cl2O.2C2H4/c7-4-2-1-3-5(9)6(4)8;2*1-2/h1-3,9H;2*1-2H2. The first-order valence-electron chi connectivity index (χ1n) is 3.35. The van der Waals surface area contributed by atoms with Crippen molar-refractivity contribution < 1.29 is 5.11 Å². The number of hydrogen-bond donors (Lipinski definition) is 1. The van der Waals surface area contributed by atoms with Crippen molar-refractivity contribution in [2.45, 2.75) is 0 Å². The first-order chi connectivity index (χ1) is 6.22. The molecule has 1 aromatic rings. The molecule has 0 aliphatic heterocycles. The van der Waals surface area contributed by atoms with Crippen molar-refractivity contribution >= 4 is 23.2 Å². The van der Waals surface area contributed by atoms with Crippen LogP contribution in [0.15, 0.2) is 44.5 Å². The molecule has 0 heterocycles. The maximum absolute atomic E-state index is 8.88. The predicted molar refractivity (Wildman–Crippen MR) is 60.6 cm³/mol. The molecule has 1 N–H and O–H groups in total. The van der Waals surface area contributed by atoms with Crippen LogP contribution in [-0.2, 0) is 0 Å². The van der Waals surface area contributed by atoms with Gasteiger partial charge in [-0.05, 0) is 12.1 Å². The minimum absolute atomic E-state index is 0.0177. The molecule has 3 heteroatoms. The summed E-state index contributed by atoms with van der Waals surface area (Å²) in [6.45, 7) is 12.0. The summed E-state index contributed by atoms with van der Waals surface area (Å²) in [7, 11) is 0. The molecule has 0 aliphatic rings. The zero-order valence-electron chi connectivity index (χ0n) is 7.26. The quantitative estimate of drug-likeness (QED) is 0.645. The molecule has 0 radical (unpaired) electrons. The first kappa shape index (κ1) is 14.6. The highest BCUT2D eigenvalue weighted by molar-refractivity contribution is 6.42. The van der Waals surface area contributed by atoms with Crippen LogP contribution in [0.2, 0.25) is 10.0 Å². The third-order valence-electron chi connectivity index (χ3n) is 0.931. The SMILES string of the molecule is C=C.C=C.Oc1cccc(Cl)c1Cl. The molecule has 1 rings (SSSR count). The molecule has 1 aromatic carbocycles. The van der Waals surface area contributed by atoms with Crippen LogP contribution in [0.4, 0.5) is 0 Å². The van der Waals surface area contributed by atoms with E-state index in [1.807, 2.05) is 0 Å². The zero-order chi connectivity index (χ0) is 10.9. The van der Waals surface area contributed by atoms with Crippen LogP contribution in [0.3, 0.4) is 0 Å². The minimum atomic E-state index is 0.0177. The Morgan fingerprint density at radius 3 is 1.77 bits per heavy atom. The van der Waals surface area contributed by atoms with Crippen molar-refractivity contribution in [3.8, 4) is 5.75 Å². The number of rotatable bonds is 0. The normalized spacial score (nSPS) is 7.23. The maximum Gasteiger partial charge on any atom is 0.135 e. The summed E-state index contributed by atoms with van der Waals surface area (Å²) in [4.78, 5) is 0. The highest BCUT2D eigenvalue weighted by Crippen LogP contribution is 2.29. The smallest absolute Gasteiger partial charge is 0.135 e. The third-order valence-corrected chi connectivity index (χ3v) is 1.74. The summed E-state index contributed by atoms with van der Waals surface area (Å²) < 4.78 is 0. The highest BCUT2D eigenvalue weighted by Gasteiger charge is 1.99. The highest BCUT2D eigenvalue weighted by atomic mass is 35.5. The molecule has 0 aliphatic carbocycles. The lowest BCUT2D eigenvalue weighted by Gasteiger charge is -1.95. The second-order valence-corrected chi connectivity index (χ2v) is 2.36. The molecule has 1 nitrogen and oxygen atoms in total. The van der Waals surface area contributed by atoms with Crippen LogP contribution >= 0.6 is 23.2 Å². The topological polar surface area (TPSA) is 20.2 Å². The van der Waals surface area contributed by atoms with E-state index in [1.165, 1.54) is 6.07 Å². The Hall–Kier alpha value is -0.920. The van der Waals surface area contributed by atoms with Crippen molar-refractivity contribution in [2.75, 3.05) is 0 Å². The molecule has 72 valence electrons. The van der Waals surface area contributed by atoms with Gasteiger partial charge in [0.05, 0.1) is 5.02 Å². The number of halogens is 2. The average molecular weight is 219 g/mol. The Morgan fingerprint density at radius 1 is 1.00 bits per heavy atom. The second kappa shape index (κ2) is 9.17. The number of aromatic hydroxyl groups is 1. The fourth-order valence-electron chi connectivity index (χ4n) is 0.492. The summed E-state index contributed by atoms with van der Waals surface area (Å²) in [5.74, 6) is 0.0177. The molecule has 13 heavy (non-hydrogen) atoms. The lowest BCUT2D eigenvalue weighted by molar-refractivity contribution is 0.475. The van der Waals surface area contributed by atoms with Gasteiger partial charge < -0.3 is 5.11 Å². The predicted octanol–water partition coefficient (Wildman–Crippen LogP) is 4.30. The van der Waals surface area contributed by atoms with Gasteiger partial charge in [-0.2, -0.15) is 0 Å². The Balaban J connectivity index is 0. The van der Waals surface area contributed by atoms with Crippen LogP contribution < -0.4 is 0 Å². The lowest BCUT2D eigenvalue weighted by atomic mass is 10.3. The number of hydrogen-bond acceptors (Lipinski definition) is 1. The van der Waals surface area contributed by atoms with Gasteiger partial charge in [-0.3, -0.25) is 0 Å². The molecule has 0 atom stereocenters. The van der Waals surface area contributed by atoms with E-state index in [0.29, 0.717) is 5.02 Å². The van der Waals surface area contributed by atoms with Gasteiger partial charge in [-0.25, -0.2) is 0 Å². The van der Waals surface area contributed by atoms with E-state index in [0.717, 1.165) is 0 Å². The fourth-order valence-corrected chi connectivity index (χ4v) is 0.788. The lowest BCUT2D eigenvalue weighted by Crippen LogP contribution is -1.67. The Labute approximate surface area is 88.9 Å². The van der Waals surface area contributed by atoms with Gasteiger partial charge in [0.25, 0.3) is 0 Å². The van der Waals surface area contributed by atoms with Gasteiger partial charge >= 0.3 is 0 Å². The van der Waals surface area contributed by atoms with Gasteiger partial charge in [-0.15, -0.1) is 26.3 Å². The van der Waals surface area contributed by atoms with E-state index in [9.17, 15) is 0 Å². The largest absolute Gasteiger partial charge is 0.506 e. The van der Waals surface area contributed by atoms with E-state index in [1.54, 1.807) is 12.1 Å². The van der Waals surface area contributed by atoms with Crippen molar-refractivity contribution in [2.24, 2.45) is 0 Å². The molecule has 0 spiro atoms. The Morgan fingerprint density at radius 2 is 1.46 bits per heavy atom. The van der Waals surface area contributed by atoms with Gasteiger partial charge in [0, 0.05) is 0 Å². The van der Waals surface area contributed by atoms with Gasteiger partial charge in [0.1, 0.15) is 10.8 Å². The van der Waals surface area contributed by atoms with Crippen LogP contribution in [0, 0.1) is 0 Å².